The fraction of sp³-hybridized carbons (Fsp3) is 1.00. The first-order valence-corrected chi connectivity index (χ1v) is 6.05. The van der Waals surface area contributed by atoms with E-state index in [4.69, 9.17) is 5.11 Å². The highest BCUT2D eigenvalue weighted by atomic mass is 16.3. The highest BCUT2D eigenvalue weighted by Crippen LogP contribution is 2.15. The van der Waals surface area contributed by atoms with E-state index in [0.717, 1.165) is 19.3 Å². The summed E-state index contributed by atoms with van der Waals surface area (Å²) >= 11 is 0. The van der Waals surface area contributed by atoms with Gasteiger partial charge in [-0.15, -0.1) is 0 Å². The summed E-state index contributed by atoms with van der Waals surface area (Å²) in [5, 5.41) is 22.4. The molecule has 0 aliphatic rings. The van der Waals surface area contributed by atoms with Crippen molar-refractivity contribution in [2.45, 2.75) is 58.6 Å². The molecule has 0 bridgehead atoms. The van der Waals surface area contributed by atoms with Gasteiger partial charge in [0, 0.05) is 19.2 Å². The Hall–Kier alpha value is -0.120. The van der Waals surface area contributed by atoms with E-state index in [9.17, 15) is 5.11 Å². The fourth-order valence-corrected chi connectivity index (χ4v) is 1.63. The predicted molar refractivity (Wildman–Crippen MR) is 63.9 cm³/mol. The summed E-state index contributed by atoms with van der Waals surface area (Å²) < 4.78 is 0. The van der Waals surface area contributed by atoms with Crippen LogP contribution in [0.5, 0.6) is 0 Å². The van der Waals surface area contributed by atoms with E-state index in [1.807, 2.05) is 13.8 Å². The minimum Gasteiger partial charge on any atom is -0.396 e. The molecule has 0 rings (SSSR count). The topological polar surface area (TPSA) is 52.5 Å². The lowest BCUT2D eigenvalue weighted by Crippen LogP contribution is -2.45. The van der Waals surface area contributed by atoms with Crippen molar-refractivity contribution in [2.75, 3.05) is 13.2 Å². The van der Waals surface area contributed by atoms with Crippen LogP contribution in [0, 0.1) is 5.92 Å². The number of rotatable bonds is 8. The first-order chi connectivity index (χ1) is 6.99. The van der Waals surface area contributed by atoms with Crippen LogP contribution in [0.15, 0.2) is 0 Å². The van der Waals surface area contributed by atoms with E-state index in [-0.39, 0.29) is 6.61 Å². The van der Waals surface area contributed by atoms with Crippen molar-refractivity contribution in [3.63, 3.8) is 0 Å². The maximum Gasteiger partial charge on any atom is 0.0766 e. The van der Waals surface area contributed by atoms with Gasteiger partial charge in [-0.2, -0.15) is 0 Å². The molecular weight excluding hydrogens is 190 g/mol. The first kappa shape index (κ1) is 14.9. The first-order valence-electron chi connectivity index (χ1n) is 6.05. The Morgan fingerprint density at radius 2 is 1.73 bits per heavy atom. The van der Waals surface area contributed by atoms with E-state index in [1.54, 1.807) is 0 Å². The van der Waals surface area contributed by atoms with Gasteiger partial charge in [0.2, 0.25) is 0 Å². The molecule has 92 valence electrons. The smallest absolute Gasteiger partial charge is 0.0766 e. The molecule has 0 amide bonds. The number of hydrogen-bond donors (Lipinski definition) is 3. The van der Waals surface area contributed by atoms with Gasteiger partial charge in [0.15, 0.2) is 0 Å². The lowest BCUT2D eigenvalue weighted by molar-refractivity contribution is 0.0273. The second-order valence-electron chi connectivity index (χ2n) is 4.68. The third-order valence-electron chi connectivity index (χ3n) is 3.25. The summed E-state index contributed by atoms with van der Waals surface area (Å²) in [5.41, 5.74) is -0.595. The summed E-state index contributed by atoms with van der Waals surface area (Å²) in [4.78, 5) is 0. The molecule has 0 spiro atoms. The molecule has 0 fully saturated rings. The number of aliphatic hydroxyl groups excluding tert-OH is 1. The molecule has 0 radical (unpaired) electrons. The SMILES string of the molecule is CCC(O)(CC)CNC(CCO)C(C)C. The van der Waals surface area contributed by atoms with E-state index in [2.05, 4.69) is 19.2 Å². The molecule has 3 nitrogen and oxygen atoms in total. The van der Waals surface area contributed by atoms with Gasteiger partial charge in [-0.05, 0) is 25.2 Å². The summed E-state index contributed by atoms with van der Waals surface area (Å²) in [6, 6.07) is 0.291. The van der Waals surface area contributed by atoms with Crippen LogP contribution in [-0.4, -0.2) is 35.0 Å². The van der Waals surface area contributed by atoms with Crippen molar-refractivity contribution in [3.8, 4) is 0 Å². The van der Waals surface area contributed by atoms with Crippen molar-refractivity contribution in [1.82, 2.24) is 5.32 Å². The van der Waals surface area contributed by atoms with Crippen LogP contribution in [0.4, 0.5) is 0 Å². The van der Waals surface area contributed by atoms with Crippen LogP contribution >= 0.6 is 0 Å². The summed E-state index contributed by atoms with van der Waals surface area (Å²) in [6.07, 6.45) is 2.28. The van der Waals surface area contributed by atoms with Crippen LogP contribution in [0.2, 0.25) is 0 Å². The summed E-state index contributed by atoms with van der Waals surface area (Å²) in [5.74, 6) is 0.482. The molecule has 0 aromatic rings. The number of aliphatic hydroxyl groups is 2. The highest BCUT2D eigenvalue weighted by molar-refractivity contribution is 4.81. The van der Waals surface area contributed by atoms with Crippen molar-refractivity contribution in [2.24, 2.45) is 5.92 Å². The van der Waals surface area contributed by atoms with Crippen LogP contribution in [0.25, 0.3) is 0 Å². The molecule has 0 saturated carbocycles. The molecule has 15 heavy (non-hydrogen) atoms. The maximum absolute atomic E-state index is 10.1. The Kier molecular flexibility index (Phi) is 7.14. The Labute approximate surface area is 93.9 Å². The van der Waals surface area contributed by atoms with Crippen LogP contribution in [-0.2, 0) is 0 Å². The highest BCUT2D eigenvalue weighted by Gasteiger charge is 2.23. The van der Waals surface area contributed by atoms with Gasteiger partial charge >= 0.3 is 0 Å². The van der Waals surface area contributed by atoms with Gasteiger partial charge in [-0.25, -0.2) is 0 Å². The fourth-order valence-electron chi connectivity index (χ4n) is 1.63. The Bertz CT molecular complexity index is 156. The van der Waals surface area contributed by atoms with Crippen molar-refractivity contribution >= 4 is 0 Å². The molecule has 0 aromatic heterocycles. The van der Waals surface area contributed by atoms with Crippen molar-refractivity contribution < 1.29 is 10.2 Å². The zero-order valence-corrected chi connectivity index (χ0v) is 10.6. The van der Waals surface area contributed by atoms with E-state index in [1.165, 1.54) is 0 Å². The lowest BCUT2D eigenvalue weighted by Gasteiger charge is -2.30. The Morgan fingerprint density at radius 1 is 1.20 bits per heavy atom. The molecule has 0 heterocycles. The molecule has 1 unspecified atom stereocenters. The zero-order valence-electron chi connectivity index (χ0n) is 10.6. The third-order valence-corrected chi connectivity index (χ3v) is 3.25. The number of nitrogens with one attached hydrogen (secondary N) is 1. The average Bonchev–Trinajstić information content (AvgIpc) is 2.23. The second kappa shape index (κ2) is 7.20. The van der Waals surface area contributed by atoms with E-state index >= 15 is 0 Å². The number of hydrogen-bond acceptors (Lipinski definition) is 3. The van der Waals surface area contributed by atoms with E-state index in [0.29, 0.717) is 18.5 Å². The third kappa shape index (κ3) is 5.50. The van der Waals surface area contributed by atoms with Gasteiger partial charge in [0.25, 0.3) is 0 Å². The van der Waals surface area contributed by atoms with Gasteiger partial charge in [0.05, 0.1) is 5.60 Å². The molecule has 0 saturated heterocycles. The van der Waals surface area contributed by atoms with Gasteiger partial charge in [-0.3, -0.25) is 0 Å². The van der Waals surface area contributed by atoms with Crippen LogP contribution in [0.3, 0.4) is 0 Å². The standard InChI is InChI=1S/C12H27NO2/c1-5-12(15,6-2)9-13-11(7-8-14)10(3)4/h10-11,13-15H,5-9H2,1-4H3. The molecule has 0 aliphatic carbocycles. The zero-order chi connectivity index (χ0) is 11.9. The van der Waals surface area contributed by atoms with Crippen molar-refractivity contribution in [3.05, 3.63) is 0 Å². The quantitative estimate of drug-likeness (QED) is 0.578. The molecule has 3 N–H and O–H groups in total. The largest absolute Gasteiger partial charge is 0.396 e. The van der Waals surface area contributed by atoms with E-state index < -0.39 is 5.60 Å². The minimum absolute atomic E-state index is 0.201. The summed E-state index contributed by atoms with van der Waals surface area (Å²) in [6.45, 7) is 9.08. The second-order valence-corrected chi connectivity index (χ2v) is 4.68. The normalized spacial score (nSPS) is 14.6. The molecule has 3 heteroatoms. The molecular formula is C12H27NO2. The van der Waals surface area contributed by atoms with Gasteiger partial charge < -0.3 is 15.5 Å². The predicted octanol–water partition coefficient (Wildman–Crippen LogP) is 1.53. The monoisotopic (exact) mass is 217 g/mol. The lowest BCUT2D eigenvalue weighted by atomic mass is 9.95. The molecule has 1 atom stereocenters. The van der Waals surface area contributed by atoms with Crippen LogP contribution < -0.4 is 5.32 Å². The Morgan fingerprint density at radius 3 is 2.07 bits per heavy atom. The van der Waals surface area contributed by atoms with Crippen molar-refractivity contribution in [1.29, 1.82) is 0 Å². The Balaban J connectivity index is 4.07. The minimum atomic E-state index is -0.595. The summed E-state index contributed by atoms with van der Waals surface area (Å²) in [7, 11) is 0. The van der Waals surface area contributed by atoms with Crippen LogP contribution in [0.1, 0.15) is 47.0 Å². The average molecular weight is 217 g/mol. The molecule has 0 aliphatic heterocycles. The molecule has 0 aromatic carbocycles. The van der Waals surface area contributed by atoms with Gasteiger partial charge in [-0.1, -0.05) is 27.7 Å². The maximum atomic E-state index is 10.1. The van der Waals surface area contributed by atoms with Gasteiger partial charge in [0.1, 0.15) is 0 Å².